The minimum atomic E-state index is -4.78. The molecule has 0 heterocycles. The Kier molecular flexibility index (Phi) is 3.10. The van der Waals surface area contributed by atoms with Gasteiger partial charge in [-0.15, -0.1) is 0 Å². The molecule has 1 aromatic rings. The maximum atomic E-state index is 12.4. The van der Waals surface area contributed by atoms with Crippen molar-refractivity contribution in [2.24, 2.45) is 4.99 Å². The third-order valence-electron chi connectivity index (χ3n) is 1.73. The molecular formula is C9H4F3NO3. The van der Waals surface area contributed by atoms with Crippen molar-refractivity contribution in [2.75, 3.05) is 0 Å². The van der Waals surface area contributed by atoms with Crippen molar-refractivity contribution in [3.8, 4) is 0 Å². The van der Waals surface area contributed by atoms with E-state index in [-0.39, 0.29) is 0 Å². The molecule has 0 aliphatic rings. The van der Waals surface area contributed by atoms with Gasteiger partial charge in [0.2, 0.25) is 6.08 Å². The molecule has 0 atom stereocenters. The summed E-state index contributed by atoms with van der Waals surface area (Å²) in [5, 5.41) is 8.63. The van der Waals surface area contributed by atoms with E-state index in [2.05, 4.69) is 4.99 Å². The number of benzene rings is 1. The molecule has 0 spiro atoms. The molecule has 0 radical (unpaired) electrons. The average Bonchev–Trinajstić information content (AvgIpc) is 2.16. The van der Waals surface area contributed by atoms with Gasteiger partial charge >= 0.3 is 12.1 Å². The largest absolute Gasteiger partial charge is 0.478 e. The van der Waals surface area contributed by atoms with Crippen LogP contribution in [0.15, 0.2) is 23.2 Å². The van der Waals surface area contributed by atoms with Gasteiger partial charge in [-0.25, -0.2) is 9.59 Å². The third kappa shape index (κ3) is 2.26. The number of isocyanates is 1. The van der Waals surface area contributed by atoms with E-state index < -0.39 is 29.0 Å². The van der Waals surface area contributed by atoms with E-state index in [9.17, 15) is 22.8 Å². The first-order valence-electron chi connectivity index (χ1n) is 3.89. The zero-order valence-corrected chi connectivity index (χ0v) is 7.58. The summed E-state index contributed by atoms with van der Waals surface area (Å²) in [6.07, 6.45) is -3.87. The minimum Gasteiger partial charge on any atom is -0.478 e. The summed E-state index contributed by atoms with van der Waals surface area (Å²) in [6.45, 7) is 0. The number of aliphatic imine (C=N–C) groups is 1. The molecule has 1 N–H and O–H groups in total. The summed E-state index contributed by atoms with van der Waals surface area (Å²) >= 11 is 0. The van der Waals surface area contributed by atoms with Crippen LogP contribution in [0.2, 0.25) is 0 Å². The number of carboxylic acids is 1. The number of para-hydroxylation sites is 1. The van der Waals surface area contributed by atoms with Crippen molar-refractivity contribution >= 4 is 17.7 Å². The van der Waals surface area contributed by atoms with E-state index in [1.54, 1.807) is 0 Å². The molecule has 7 heteroatoms. The Bertz CT molecular complexity index is 475. The number of nitrogens with zero attached hydrogens (tertiary/aromatic N) is 1. The van der Waals surface area contributed by atoms with Crippen LogP contribution >= 0.6 is 0 Å². The zero-order valence-electron chi connectivity index (χ0n) is 7.58. The van der Waals surface area contributed by atoms with Crippen LogP contribution in [0.4, 0.5) is 18.9 Å². The Morgan fingerprint density at radius 3 is 2.44 bits per heavy atom. The fourth-order valence-electron chi connectivity index (χ4n) is 1.11. The number of halogens is 3. The van der Waals surface area contributed by atoms with Crippen LogP contribution in [0.5, 0.6) is 0 Å². The topological polar surface area (TPSA) is 66.7 Å². The number of carbonyl (C=O) groups excluding carboxylic acids is 1. The van der Waals surface area contributed by atoms with E-state index >= 15 is 0 Å². The number of carboxylic acid groups (broad SMARTS) is 1. The molecule has 0 aromatic heterocycles. The fraction of sp³-hybridized carbons (Fsp3) is 0.111. The average molecular weight is 231 g/mol. The number of hydrogen-bond donors (Lipinski definition) is 1. The van der Waals surface area contributed by atoms with Crippen LogP contribution in [0.3, 0.4) is 0 Å². The van der Waals surface area contributed by atoms with E-state index in [0.717, 1.165) is 18.2 Å². The first-order chi connectivity index (χ1) is 7.38. The van der Waals surface area contributed by atoms with Gasteiger partial charge in [-0.2, -0.15) is 18.2 Å². The number of hydrogen-bond acceptors (Lipinski definition) is 3. The molecule has 0 saturated heterocycles. The first-order valence-corrected chi connectivity index (χ1v) is 3.89. The lowest BCUT2D eigenvalue weighted by Gasteiger charge is -2.10. The smallest absolute Gasteiger partial charge is 0.418 e. The van der Waals surface area contributed by atoms with Gasteiger partial charge in [-0.1, -0.05) is 6.07 Å². The fourth-order valence-corrected chi connectivity index (χ4v) is 1.11. The second kappa shape index (κ2) is 4.16. The lowest BCUT2D eigenvalue weighted by Crippen LogP contribution is -2.08. The SMILES string of the molecule is O=C=Nc1c(C(=O)O)cccc1C(F)(F)F. The predicted octanol–water partition coefficient (Wildman–Crippen LogP) is 2.37. The normalized spacial score (nSPS) is 10.7. The summed E-state index contributed by atoms with van der Waals surface area (Å²) in [5.41, 5.74) is -2.91. The van der Waals surface area contributed by atoms with Crippen LogP contribution in [0.25, 0.3) is 0 Å². The van der Waals surface area contributed by atoms with Crippen molar-refractivity contribution < 1.29 is 27.9 Å². The summed E-state index contributed by atoms with van der Waals surface area (Å²) in [6, 6.07) is 2.49. The lowest BCUT2D eigenvalue weighted by atomic mass is 10.1. The number of aromatic carboxylic acids is 1. The van der Waals surface area contributed by atoms with Crippen molar-refractivity contribution in [2.45, 2.75) is 6.18 Å². The number of alkyl halides is 3. The molecule has 0 fully saturated rings. The molecule has 0 bridgehead atoms. The van der Waals surface area contributed by atoms with Crippen LogP contribution in [-0.4, -0.2) is 17.2 Å². The molecule has 0 amide bonds. The van der Waals surface area contributed by atoms with E-state index in [4.69, 9.17) is 5.11 Å². The van der Waals surface area contributed by atoms with Crippen LogP contribution in [-0.2, 0) is 11.0 Å². The molecule has 1 aromatic carbocycles. The van der Waals surface area contributed by atoms with Gasteiger partial charge in [0, 0.05) is 0 Å². The van der Waals surface area contributed by atoms with Gasteiger partial charge in [-0.05, 0) is 12.1 Å². The molecule has 84 valence electrons. The monoisotopic (exact) mass is 231 g/mol. The number of carbonyl (C=O) groups is 1. The highest BCUT2D eigenvalue weighted by Gasteiger charge is 2.35. The first kappa shape index (κ1) is 11.9. The molecule has 0 aliphatic carbocycles. The Labute approximate surface area is 87.0 Å². The van der Waals surface area contributed by atoms with Crippen molar-refractivity contribution in [1.82, 2.24) is 0 Å². The lowest BCUT2D eigenvalue weighted by molar-refractivity contribution is -0.137. The zero-order chi connectivity index (χ0) is 12.3. The van der Waals surface area contributed by atoms with E-state index in [0.29, 0.717) is 6.07 Å². The minimum absolute atomic E-state index is 0.641. The highest BCUT2D eigenvalue weighted by atomic mass is 19.4. The second-order valence-corrected chi connectivity index (χ2v) is 2.71. The van der Waals surface area contributed by atoms with Gasteiger partial charge in [0.25, 0.3) is 0 Å². The van der Waals surface area contributed by atoms with Gasteiger partial charge in [0.05, 0.1) is 11.1 Å². The maximum absolute atomic E-state index is 12.4. The van der Waals surface area contributed by atoms with E-state index in [1.165, 1.54) is 0 Å². The van der Waals surface area contributed by atoms with Crippen molar-refractivity contribution in [3.05, 3.63) is 29.3 Å². The number of rotatable bonds is 2. The Hall–Kier alpha value is -2.14. The molecule has 0 unspecified atom stereocenters. The highest BCUT2D eigenvalue weighted by Crippen LogP contribution is 2.37. The van der Waals surface area contributed by atoms with Crippen LogP contribution in [0.1, 0.15) is 15.9 Å². The van der Waals surface area contributed by atoms with Gasteiger partial charge < -0.3 is 5.11 Å². The molecule has 4 nitrogen and oxygen atoms in total. The summed E-state index contributed by atoms with van der Waals surface area (Å²) in [4.78, 5) is 23.4. The van der Waals surface area contributed by atoms with Crippen molar-refractivity contribution in [1.29, 1.82) is 0 Å². The van der Waals surface area contributed by atoms with Crippen LogP contribution in [0, 0.1) is 0 Å². The third-order valence-corrected chi connectivity index (χ3v) is 1.73. The Balaban J connectivity index is 3.57. The predicted molar refractivity (Wildman–Crippen MR) is 46.2 cm³/mol. The molecule has 16 heavy (non-hydrogen) atoms. The molecular weight excluding hydrogens is 227 g/mol. The van der Waals surface area contributed by atoms with Gasteiger partial charge in [-0.3, -0.25) is 0 Å². The Morgan fingerprint density at radius 2 is 2.00 bits per heavy atom. The summed E-state index contributed by atoms with van der Waals surface area (Å²) in [7, 11) is 0. The standard InChI is InChI=1S/C9H4F3NO3/c10-9(11,12)6-3-1-2-5(8(15)16)7(6)13-4-14/h1-3H,(H,15,16). The van der Waals surface area contributed by atoms with Gasteiger partial charge in [0.15, 0.2) is 0 Å². The van der Waals surface area contributed by atoms with Gasteiger partial charge in [0.1, 0.15) is 5.69 Å². The summed E-state index contributed by atoms with van der Waals surface area (Å²) in [5.74, 6) is -1.60. The van der Waals surface area contributed by atoms with Crippen LogP contribution < -0.4 is 0 Å². The van der Waals surface area contributed by atoms with Crippen molar-refractivity contribution in [3.63, 3.8) is 0 Å². The quantitative estimate of drug-likeness (QED) is 0.627. The maximum Gasteiger partial charge on any atom is 0.418 e. The molecule has 0 saturated carbocycles. The second-order valence-electron chi connectivity index (χ2n) is 2.71. The molecule has 1 rings (SSSR count). The molecule has 0 aliphatic heterocycles. The Morgan fingerprint density at radius 1 is 1.38 bits per heavy atom. The summed E-state index contributed by atoms with van der Waals surface area (Å²) < 4.78 is 37.3. The van der Waals surface area contributed by atoms with E-state index in [1.807, 2.05) is 0 Å². The highest BCUT2D eigenvalue weighted by molar-refractivity contribution is 5.94.